The summed E-state index contributed by atoms with van der Waals surface area (Å²) in [7, 11) is 0. The summed E-state index contributed by atoms with van der Waals surface area (Å²) in [6.45, 7) is 6.94. The van der Waals surface area contributed by atoms with Gasteiger partial charge in [0.2, 0.25) is 0 Å². The maximum atomic E-state index is 13.7. The van der Waals surface area contributed by atoms with E-state index < -0.39 is 0 Å². The second-order valence-electron chi connectivity index (χ2n) is 11.9. The number of carbonyl (C=O) groups is 1. The molecule has 6 rings (SSSR count). The van der Waals surface area contributed by atoms with Gasteiger partial charge in [-0.25, -0.2) is 9.37 Å². The van der Waals surface area contributed by atoms with Crippen LogP contribution in [0.25, 0.3) is 5.57 Å². The van der Waals surface area contributed by atoms with Gasteiger partial charge in [0.15, 0.2) is 5.13 Å². The Morgan fingerprint density at radius 2 is 2.08 bits per heavy atom. The van der Waals surface area contributed by atoms with Crippen molar-refractivity contribution in [1.82, 2.24) is 4.98 Å². The Bertz CT molecular complexity index is 1210. The summed E-state index contributed by atoms with van der Waals surface area (Å²) >= 11 is 1.72. The van der Waals surface area contributed by atoms with Crippen molar-refractivity contribution >= 4 is 33.7 Å². The summed E-state index contributed by atoms with van der Waals surface area (Å²) in [5, 5.41) is 4.18. The van der Waals surface area contributed by atoms with Gasteiger partial charge in [-0.2, -0.15) is 0 Å². The van der Waals surface area contributed by atoms with Gasteiger partial charge in [-0.1, -0.05) is 44.3 Å². The first kappa shape index (κ1) is 24.1. The van der Waals surface area contributed by atoms with E-state index in [-0.39, 0.29) is 28.7 Å². The highest BCUT2D eigenvalue weighted by Crippen LogP contribution is 2.66. The molecule has 0 radical (unpaired) electrons. The average molecular weight is 509 g/mol. The number of hydrogen-bond acceptors (Lipinski definition) is 5. The number of benzene rings is 1. The van der Waals surface area contributed by atoms with Crippen molar-refractivity contribution in [2.75, 3.05) is 5.32 Å². The Balaban J connectivity index is 1.25. The highest BCUT2D eigenvalue weighted by Gasteiger charge is 2.60. The van der Waals surface area contributed by atoms with Crippen molar-refractivity contribution in [1.29, 1.82) is 0 Å². The fraction of sp³-hybridized carbons (Fsp3) is 0.600. The molecule has 4 nitrogen and oxygen atoms in total. The van der Waals surface area contributed by atoms with Crippen molar-refractivity contribution in [3.8, 4) is 0 Å². The number of aromatic nitrogens is 1. The summed E-state index contributed by atoms with van der Waals surface area (Å²) in [6, 6.07) is 6.58. The molecule has 0 aliphatic heterocycles. The van der Waals surface area contributed by atoms with Crippen LogP contribution in [0.15, 0.2) is 30.3 Å². The number of hydrogen-bond donors (Lipinski definition) is 1. The third kappa shape index (κ3) is 3.82. The van der Waals surface area contributed by atoms with Crippen LogP contribution in [0.1, 0.15) is 82.7 Å². The van der Waals surface area contributed by atoms with Crippen LogP contribution in [-0.4, -0.2) is 17.1 Å². The topological polar surface area (TPSA) is 51.2 Å². The zero-order chi connectivity index (χ0) is 25.1. The number of ether oxygens (including phenoxy) is 1. The first-order valence-corrected chi connectivity index (χ1v) is 14.6. The summed E-state index contributed by atoms with van der Waals surface area (Å²) in [5.74, 6) is 1.69. The van der Waals surface area contributed by atoms with Crippen molar-refractivity contribution in [3.63, 3.8) is 0 Å². The lowest BCUT2D eigenvalue weighted by Gasteiger charge is -2.56. The Labute approximate surface area is 217 Å². The fourth-order valence-electron chi connectivity index (χ4n) is 8.19. The minimum Gasteiger partial charge on any atom is -0.462 e. The molecule has 1 aromatic heterocycles. The van der Waals surface area contributed by atoms with Crippen LogP contribution in [-0.2, 0) is 16.0 Å². The predicted molar refractivity (Wildman–Crippen MR) is 143 cm³/mol. The Morgan fingerprint density at radius 3 is 2.89 bits per heavy atom. The van der Waals surface area contributed by atoms with Crippen LogP contribution in [0.3, 0.4) is 0 Å². The molecule has 2 aromatic rings. The van der Waals surface area contributed by atoms with Crippen LogP contribution in [0.2, 0.25) is 0 Å². The molecule has 192 valence electrons. The van der Waals surface area contributed by atoms with Gasteiger partial charge in [0.1, 0.15) is 11.9 Å². The van der Waals surface area contributed by atoms with Gasteiger partial charge >= 0.3 is 5.97 Å². The first-order chi connectivity index (χ1) is 17.3. The van der Waals surface area contributed by atoms with E-state index >= 15 is 0 Å². The molecule has 0 amide bonds. The largest absolute Gasteiger partial charge is 0.462 e. The van der Waals surface area contributed by atoms with Crippen LogP contribution in [0.4, 0.5) is 15.2 Å². The smallest absolute Gasteiger partial charge is 0.306 e. The first-order valence-electron chi connectivity index (χ1n) is 13.7. The zero-order valence-electron chi connectivity index (χ0n) is 21.6. The zero-order valence-corrected chi connectivity index (χ0v) is 22.4. The van der Waals surface area contributed by atoms with Gasteiger partial charge in [-0.3, -0.25) is 4.79 Å². The van der Waals surface area contributed by atoms with Crippen LogP contribution in [0.5, 0.6) is 0 Å². The van der Waals surface area contributed by atoms with Crippen molar-refractivity contribution < 1.29 is 13.9 Å². The minimum absolute atomic E-state index is 0.0167. The quantitative estimate of drug-likeness (QED) is 0.417. The van der Waals surface area contributed by atoms with Crippen molar-refractivity contribution in [2.24, 2.45) is 28.6 Å². The van der Waals surface area contributed by atoms with Gasteiger partial charge < -0.3 is 10.1 Å². The second kappa shape index (κ2) is 8.97. The maximum Gasteiger partial charge on any atom is 0.306 e. The molecule has 1 N–H and O–H groups in total. The Kier molecular flexibility index (Phi) is 6.01. The molecule has 4 aliphatic rings. The summed E-state index contributed by atoms with van der Waals surface area (Å²) in [4.78, 5) is 18.6. The third-order valence-electron chi connectivity index (χ3n) is 10.0. The summed E-state index contributed by atoms with van der Waals surface area (Å²) in [6.07, 6.45) is 11.8. The van der Waals surface area contributed by atoms with Gasteiger partial charge in [0, 0.05) is 17.5 Å². The maximum absolute atomic E-state index is 13.7. The SMILES string of the molecule is CCCC(=O)O[C@H]1CC[C@H]2[C@@H]3CC=C4c5sc(Nc6cccc(F)c6)nc5CC[C@]4(C)[C@H]3CC[C@]12C. The number of thiazole rings is 1. The number of anilines is 2. The van der Waals surface area contributed by atoms with Gasteiger partial charge in [0.25, 0.3) is 0 Å². The number of nitrogens with zero attached hydrogens (tertiary/aromatic N) is 1. The fourth-order valence-corrected chi connectivity index (χ4v) is 9.40. The molecule has 1 aromatic carbocycles. The van der Waals surface area contributed by atoms with E-state index in [0.717, 1.165) is 49.3 Å². The van der Waals surface area contributed by atoms with E-state index in [4.69, 9.17) is 9.72 Å². The number of carbonyl (C=O) groups excluding carboxylic acids is 1. The Morgan fingerprint density at radius 1 is 1.22 bits per heavy atom. The van der Waals surface area contributed by atoms with E-state index in [1.165, 1.54) is 41.1 Å². The van der Waals surface area contributed by atoms with Gasteiger partial charge in [0.05, 0.1) is 10.6 Å². The normalized spacial score (nSPS) is 34.6. The van der Waals surface area contributed by atoms with Crippen LogP contribution >= 0.6 is 11.3 Å². The number of allylic oxidation sites excluding steroid dienone is 2. The molecule has 36 heavy (non-hydrogen) atoms. The summed E-state index contributed by atoms with van der Waals surface area (Å²) in [5.41, 5.74) is 3.69. The van der Waals surface area contributed by atoms with Crippen molar-refractivity contribution in [2.45, 2.75) is 84.7 Å². The highest BCUT2D eigenvalue weighted by molar-refractivity contribution is 7.16. The van der Waals surface area contributed by atoms with E-state index in [1.807, 2.05) is 13.0 Å². The molecular formula is C30H37FN2O2S. The molecule has 1 heterocycles. The number of aryl methyl sites for hydroxylation is 1. The number of fused-ring (bicyclic) bond motifs is 7. The second-order valence-corrected chi connectivity index (χ2v) is 12.9. The third-order valence-corrected chi connectivity index (χ3v) is 11.1. The molecule has 0 saturated heterocycles. The molecule has 2 fully saturated rings. The van der Waals surface area contributed by atoms with E-state index in [1.54, 1.807) is 17.4 Å². The number of esters is 1. The molecule has 0 spiro atoms. The monoisotopic (exact) mass is 508 g/mol. The highest BCUT2D eigenvalue weighted by atomic mass is 32.1. The molecule has 6 atom stereocenters. The lowest BCUT2D eigenvalue weighted by molar-refractivity contribution is -0.159. The minimum atomic E-state index is -0.242. The molecule has 0 unspecified atom stereocenters. The van der Waals surface area contributed by atoms with Crippen molar-refractivity contribution in [3.05, 3.63) is 46.7 Å². The van der Waals surface area contributed by atoms with E-state index in [0.29, 0.717) is 24.2 Å². The molecule has 2 saturated carbocycles. The van der Waals surface area contributed by atoms with Crippen LogP contribution in [0, 0.1) is 34.4 Å². The number of nitrogens with one attached hydrogen (secondary N) is 1. The van der Waals surface area contributed by atoms with E-state index in [2.05, 4.69) is 25.2 Å². The van der Waals surface area contributed by atoms with Crippen LogP contribution < -0.4 is 5.32 Å². The lowest BCUT2D eigenvalue weighted by atomic mass is 9.48. The van der Waals surface area contributed by atoms with Gasteiger partial charge in [-0.15, -0.1) is 0 Å². The standard InChI is InChI=1S/C30H37FN2O2S/c1-4-6-26(34)35-25-12-11-21-20-9-10-23-27-24(14-16-29(23,2)22(20)13-15-30(21,25)3)33-28(36-27)32-19-8-5-7-18(31)17-19/h5,7-8,10,17,20-22,25H,4,6,9,11-16H2,1-3H3,(H,32,33)/t20-,21-,22-,25-,29+,30-/m0/s1. The lowest BCUT2D eigenvalue weighted by Crippen LogP contribution is -2.50. The predicted octanol–water partition coefficient (Wildman–Crippen LogP) is 7.92. The molecule has 6 heteroatoms. The van der Waals surface area contributed by atoms with E-state index in [9.17, 15) is 9.18 Å². The van der Waals surface area contributed by atoms with Gasteiger partial charge in [-0.05, 0) is 98.3 Å². The average Bonchev–Trinajstić information content (AvgIpc) is 3.39. The number of halogens is 1. The summed E-state index contributed by atoms with van der Waals surface area (Å²) < 4.78 is 19.7. The Hall–Kier alpha value is -2.21. The molecule has 0 bridgehead atoms. The number of rotatable bonds is 5. The molecular weight excluding hydrogens is 471 g/mol. The molecule has 4 aliphatic carbocycles.